The van der Waals surface area contributed by atoms with Gasteiger partial charge in [-0.05, 0) is 43.4 Å². The van der Waals surface area contributed by atoms with Crippen molar-refractivity contribution in [2.24, 2.45) is 0 Å². The van der Waals surface area contributed by atoms with E-state index >= 15 is 0 Å². The Morgan fingerprint density at radius 3 is 2.50 bits per heavy atom. The number of carbonyl (C=O) groups is 1. The van der Waals surface area contributed by atoms with Crippen LogP contribution in [0.15, 0.2) is 48.5 Å². The summed E-state index contributed by atoms with van der Waals surface area (Å²) in [6, 6.07) is 16.9. The van der Waals surface area contributed by atoms with E-state index in [1.807, 2.05) is 6.07 Å². The van der Waals surface area contributed by atoms with E-state index in [1.54, 1.807) is 0 Å². The smallest absolute Gasteiger partial charge is 0.283 e. The number of likely N-dealkylation sites (tertiary alicyclic amines) is 1. The highest BCUT2D eigenvalue weighted by molar-refractivity contribution is 5.98. The summed E-state index contributed by atoms with van der Waals surface area (Å²) in [5, 5.41) is 3.17. The standard InChI is InChI=1S/C21H24N2O/c1-15-10-11-18-17(14-15)19(16-8-4-2-5-9-16)20(21(24)22-18)23-12-6-3-7-13-23/h2,4-5,8-11,14,19-20H,3,6-7,12-13H2,1H3,(H,22,24)/p+1/t19-,20+/m1/s1. The van der Waals surface area contributed by atoms with Gasteiger partial charge in [0.25, 0.3) is 5.91 Å². The molecule has 0 unspecified atom stereocenters. The Morgan fingerprint density at radius 1 is 1.00 bits per heavy atom. The summed E-state index contributed by atoms with van der Waals surface area (Å²) in [7, 11) is 0. The molecule has 0 saturated carbocycles. The van der Waals surface area contributed by atoms with Gasteiger partial charge >= 0.3 is 0 Å². The molecule has 2 aliphatic heterocycles. The number of nitrogens with one attached hydrogen (secondary N) is 2. The van der Waals surface area contributed by atoms with Crippen LogP contribution in [0.5, 0.6) is 0 Å². The third-order valence-electron chi connectivity index (χ3n) is 5.51. The van der Waals surface area contributed by atoms with Crippen molar-refractivity contribution in [1.29, 1.82) is 0 Å². The van der Waals surface area contributed by atoms with Gasteiger partial charge in [-0.1, -0.05) is 48.0 Å². The van der Waals surface area contributed by atoms with Gasteiger partial charge in [0.2, 0.25) is 0 Å². The number of amides is 1. The van der Waals surface area contributed by atoms with Crippen molar-refractivity contribution in [3.05, 3.63) is 65.2 Å². The molecule has 0 aliphatic carbocycles. The van der Waals surface area contributed by atoms with Crippen molar-refractivity contribution in [3.8, 4) is 0 Å². The number of piperidine rings is 1. The lowest BCUT2D eigenvalue weighted by Gasteiger charge is -2.39. The summed E-state index contributed by atoms with van der Waals surface area (Å²) >= 11 is 0. The van der Waals surface area contributed by atoms with Crippen LogP contribution < -0.4 is 10.2 Å². The zero-order valence-corrected chi connectivity index (χ0v) is 14.2. The van der Waals surface area contributed by atoms with Crippen LogP contribution >= 0.6 is 0 Å². The molecule has 1 amide bonds. The van der Waals surface area contributed by atoms with Gasteiger partial charge in [0.1, 0.15) is 0 Å². The number of quaternary nitrogens is 1. The molecule has 0 radical (unpaired) electrons. The molecule has 2 N–H and O–H groups in total. The molecular weight excluding hydrogens is 296 g/mol. The molecule has 24 heavy (non-hydrogen) atoms. The molecule has 0 aromatic heterocycles. The molecule has 3 heteroatoms. The van der Waals surface area contributed by atoms with Gasteiger partial charge in [0, 0.05) is 5.69 Å². The van der Waals surface area contributed by atoms with Crippen LogP contribution in [0.25, 0.3) is 0 Å². The number of hydrogen-bond acceptors (Lipinski definition) is 1. The molecule has 124 valence electrons. The summed E-state index contributed by atoms with van der Waals surface area (Å²) in [6.45, 7) is 4.33. The summed E-state index contributed by atoms with van der Waals surface area (Å²) < 4.78 is 0. The first kappa shape index (κ1) is 15.4. The molecule has 2 aromatic rings. The average molecular weight is 321 g/mol. The fraction of sp³-hybridized carbons (Fsp3) is 0.381. The lowest BCUT2D eigenvalue weighted by Crippen LogP contribution is -3.18. The second-order valence-electron chi connectivity index (χ2n) is 7.16. The maximum absolute atomic E-state index is 13.0. The first-order valence-electron chi connectivity index (χ1n) is 9.05. The van der Waals surface area contributed by atoms with E-state index in [-0.39, 0.29) is 17.9 Å². The van der Waals surface area contributed by atoms with Crippen molar-refractivity contribution in [2.75, 3.05) is 18.4 Å². The Hall–Kier alpha value is -2.13. The second-order valence-corrected chi connectivity index (χ2v) is 7.16. The van der Waals surface area contributed by atoms with Crippen LogP contribution in [0, 0.1) is 6.92 Å². The van der Waals surface area contributed by atoms with Crippen LogP contribution in [0.4, 0.5) is 5.69 Å². The minimum Gasteiger partial charge on any atom is -0.324 e. The highest BCUT2D eigenvalue weighted by atomic mass is 16.2. The molecule has 4 rings (SSSR count). The monoisotopic (exact) mass is 321 g/mol. The van der Waals surface area contributed by atoms with E-state index in [4.69, 9.17) is 0 Å². The predicted octanol–water partition coefficient (Wildman–Crippen LogP) is 2.52. The number of fused-ring (bicyclic) bond motifs is 1. The van der Waals surface area contributed by atoms with E-state index in [1.165, 1.54) is 40.9 Å². The second kappa shape index (κ2) is 6.40. The Balaban J connectivity index is 1.83. The van der Waals surface area contributed by atoms with Gasteiger partial charge in [0.15, 0.2) is 6.04 Å². The molecule has 1 fully saturated rings. The SMILES string of the molecule is Cc1ccc2c(c1)[C@@H](c1ccccc1)[C@H]([NH+]1CCCCC1)C(=O)N2. The van der Waals surface area contributed by atoms with Crippen LogP contribution in [-0.4, -0.2) is 25.0 Å². The highest BCUT2D eigenvalue weighted by Crippen LogP contribution is 2.37. The van der Waals surface area contributed by atoms with Crippen LogP contribution in [0.2, 0.25) is 0 Å². The number of carbonyl (C=O) groups excluding carboxylic acids is 1. The molecule has 3 nitrogen and oxygen atoms in total. The number of rotatable bonds is 2. The number of aryl methyl sites for hydroxylation is 1. The number of benzene rings is 2. The quantitative estimate of drug-likeness (QED) is 0.875. The fourth-order valence-corrected chi connectivity index (χ4v) is 4.37. The molecular formula is C21H25N2O+. The van der Waals surface area contributed by atoms with E-state index < -0.39 is 0 Å². The number of hydrogen-bond donors (Lipinski definition) is 2. The molecule has 0 spiro atoms. The normalized spacial score (nSPS) is 24.3. The van der Waals surface area contributed by atoms with Crippen LogP contribution in [-0.2, 0) is 4.79 Å². The largest absolute Gasteiger partial charge is 0.324 e. The predicted molar refractivity (Wildman–Crippen MR) is 96.4 cm³/mol. The van der Waals surface area contributed by atoms with Gasteiger partial charge in [-0.25, -0.2) is 0 Å². The maximum atomic E-state index is 13.0. The van der Waals surface area contributed by atoms with Gasteiger partial charge in [0.05, 0.1) is 19.0 Å². The van der Waals surface area contributed by atoms with E-state index in [2.05, 4.69) is 54.7 Å². The first-order chi connectivity index (χ1) is 11.7. The average Bonchev–Trinajstić information content (AvgIpc) is 2.62. The van der Waals surface area contributed by atoms with Gasteiger partial charge in [-0.15, -0.1) is 0 Å². The molecule has 0 bridgehead atoms. The summed E-state index contributed by atoms with van der Waals surface area (Å²) in [4.78, 5) is 14.4. The Morgan fingerprint density at radius 2 is 1.75 bits per heavy atom. The third-order valence-corrected chi connectivity index (χ3v) is 5.51. The van der Waals surface area contributed by atoms with E-state index in [0.717, 1.165) is 18.8 Å². The maximum Gasteiger partial charge on any atom is 0.283 e. The van der Waals surface area contributed by atoms with Crippen molar-refractivity contribution < 1.29 is 9.69 Å². The summed E-state index contributed by atoms with van der Waals surface area (Å²) in [5.41, 5.74) is 4.75. The van der Waals surface area contributed by atoms with Crippen molar-refractivity contribution >= 4 is 11.6 Å². The summed E-state index contributed by atoms with van der Waals surface area (Å²) in [6.07, 6.45) is 3.74. The zero-order valence-electron chi connectivity index (χ0n) is 14.2. The fourth-order valence-electron chi connectivity index (χ4n) is 4.37. The molecule has 1 saturated heterocycles. The Bertz CT molecular complexity index is 735. The zero-order chi connectivity index (χ0) is 16.5. The van der Waals surface area contributed by atoms with Crippen molar-refractivity contribution in [2.45, 2.75) is 38.1 Å². The van der Waals surface area contributed by atoms with Gasteiger partial charge in [-0.2, -0.15) is 0 Å². The first-order valence-corrected chi connectivity index (χ1v) is 9.05. The Kier molecular flexibility index (Phi) is 4.11. The Labute approximate surface area is 143 Å². The summed E-state index contributed by atoms with van der Waals surface area (Å²) in [5.74, 6) is 0.319. The highest BCUT2D eigenvalue weighted by Gasteiger charge is 2.43. The topological polar surface area (TPSA) is 33.5 Å². The van der Waals surface area contributed by atoms with Gasteiger partial charge < -0.3 is 10.2 Å². The van der Waals surface area contributed by atoms with Crippen LogP contribution in [0.1, 0.15) is 41.9 Å². The third kappa shape index (κ3) is 2.73. The van der Waals surface area contributed by atoms with Crippen LogP contribution in [0.3, 0.4) is 0 Å². The molecule has 2 aliphatic rings. The molecule has 2 heterocycles. The minimum atomic E-state index is -0.0259. The van der Waals surface area contributed by atoms with E-state index in [0.29, 0.717) is 0 Å². The van der Waals surface area contributed by atoms with Crippen molar-refractivity contribution in [1.82, 2.24) is 0 Å². The lowest BCUT2D eigenvalue weighted by molar-refractivity contribution is -0.921. The lowest BCUT2D eigenvalue weighted by atomic mass is 9.79. The number of anilines is 1. The molecule has 2 atom stereocenters. The minimum absolute atomic E-state index is 0.0259. The van der Waals surface area contributed by atoms with Crippen molar-refractivity contribution in [3.63, 3.8) is 0 Å². The molecule has 2 aromatic carbocycles. The van der Waals surface area contributed by atoms with Gasteiger partial charge in [-0.3, -0.25) is 4.79 Å². The van der Waals surface area contributed by atoms with E-state index in [9.17, 15) is 4.79 Å².